The van der Waals surface area contributed by atoms with Crippen molar-refractivity contribution < 1.29 is 9.53 Å². The summed E-state index contributed by atoms with van der Waals surface area (Å²) in [5.74, 6) is 0.555. The Kier molecular flexibility index (Phi) is 5.06. The standard InChI is InChI=1S/C23H23N3O2/c1-3-28-22-13-12-21(24-25-22)16-8-10-17(11-9-16)23(27)26(2)20-14-18-6-4-5-7-19(18)15-20/h4-13,20H,3,14-15H2,1-2H3. The van der Waals surface area contributed by atoms with E-state index in [1.807, 2.05) is 49.2 Å². The van der Waals surface area contributed by atoms with Crippen LogP contribution >= 0.6 is 0 Å². The molecule has 28 heavy (non-hydrogen) atoms. The van der Waals surface area contributed by atoms with Crippen molar-refractivity contribution >= 4 is 5.91 Å². The first-order chi connectivity index (χ1) is 13.7. The molecule has 0 atom stereocenters. The van der Waals surface area contributed by atoms with Crippen molar-refractivity contribution in [1.82, 2.24) is 15.1 Å². The Balaban J connectivity index is 1.45. The summed E-state index contributed by atoms with van der Waals surface area (Å²) in [6.45, 7) is 2.47. The number of aromatic nitrogens is 2. The fourth-order valence-corrected chi connectivity index (χ4v) is 3.66. The molecule has 142 valence electrons. The number of carbonyl (C=O) groups is 1. The first kappa shape index (κ1) is 18.2. The van der Waals surface area contributed by atoms with Gasteiger partial charge in [-0.1, -0.05) is 36.4 Å². The second-order valence-corrected chi connectivity index (χ2v) is 7.01. The van der Waals surface area contributed by atoms with Crippen LogP contribution < -0.4 is 4.74 Å². The number of amides is 1. The summed E-state index contributed by atoms with van der Waals surface area (Å²) >= 11 is 0. The van der Waals surface area contributed by atoms with Crippen LogP contribution in [0.2, 0.25) is 0 Å². The molecule has 5 nitrogen and oxygen atoms in total. The third kappa shape index (κ3) is 3.60. The number of ether oxygens (including phenoxy) is 1. The molecule has 0 saturated carbocycles. The quantitative estimate of drug-likeness (QED) is 0.683. The molecule has 1 aliphatic rings. The van der Waals surface area contributed by atoms with Crippen molar-refractivity contribution in [2.75, 3.05) is 13.7 Å². The molecule has 1 amide bonds. The van der Waals surface area contributed by atoms with Crippen LogP contribution in [0.25, 0.3) is 11.3 Å². The lowest BCUT2D eigenvalue weighted by atomic mass is 10.1. The zero-order valence-corrected chi connectivity index (χ0v) is 16.1. The summed E-state index contributed by atoms with van der Waals surface area (Å²) in [4.78, 5) is 14.8. The minimum Gasteiger partial charge on any atom is -0.477 e. The first-order valence-corrected chi connectivity index (χ1v) is 9.56. The molecule has 0 N–H and O–H groups in total. The van der Waals surface area contributed by atoms with Crippen LogP contribution in [-0.2, 0) is 12.8 Å². The largest absolute Gasteiger partial charge is 0.477 e. The lowest BCUT2D eigenvalue weighted by Crippen LogP contribution is -2.37. The van der Waals surface area contributed by atoms with Gasteiger partial charge in [-0.25, -0.2) is 0 Å². The summed E-state index contributed by atoms with van der Waals surface area (Å²) in [6, 6.07) is 19.8. The molecule has 0 saturated heterocycles. The third-order valence-electron chi connectivity index (χ3n) is 5.26. The van der Waals surface area contributed by atoms with Gasteiger partial charge in [0.1, 0.15) is 0 Å². The van der Waals surface area contributed by atoms with E-state index in [-0.39, 0.29) is 11.9 Å². The summed E-state index contributed by atoms with van der Waals surface area (Å²) in [7, 11) is 1.89. The maximum absolute atomic E-state index is 12.9. The third-order valence-corrected chi connectivity index (χ3v) is 5.26. The summed E-state index contributed by atoms with van der Waals surface area (Å²) < 4.78 is 5.32. The van der Waals surface area contributed by atoms with E-state index in [0.717, 1.165) is 24.1 Å². The lowest BCUT2D eigenvalue weighted by Gasteiger charge is -2.24. The minimum absolute atomic E-state index is 0.0436. The number of benzene rings is 2. The molecule has 1 aromatic heterocycles. The molecule has 0 fully saturated rings. The van der Waals surface area contributed by atoms with Gasteiger partial charge in [0.15, 0.2) is 0 Å². The van der Waals surface area contributed by atoms with E-state index in [1.54, 1.807) is 6.07 Å². The van der Waals surface area contributed by atoms with Crippen molar-refractivity contribution in [3.8, 4) is 17.1 Å². The number of carbonyl (C=O) groups excluding carboxylic acids is 1. The van der Waals surface area contributed by atoms with Crippen molar-refractivity contribution in [2.45, 2.75) is 25.8 Å². The second-order valence-electron chi connectivity index (χ2n) is 7.01. The molecule has 5 heteroatoms. The molecule has 0 bridgehead atoms. The van der Waals surface area contributed by atoms with Gasteiger partial charge in [-0.15, -0.1) is 10.2 Å². The smallest absolute Gasteiger partial charge is 0.253 e. The van der Waals surface area contributed by atoms with E-state index in [1.165, 1.54) is 11.1 Å². The maximum Gasteiger partial charge on any atom is 0.253 e. The van der Waals surface area contributed by atoms with E-state index in [0.29, 0.717) is 18.1 Å². The molecule has 1 heterocycles. The fraction of sp³-hybridized carbons (Fsp3) is 0.261. The summed E-state index contributed by atoms with van der Waals surface area (Å²) in [5.41, 5.74) is 5.04. The molecule has 2 aromatic carbocycles. The molecular weight excluding hydrogens is 350 g/mol. The number of hydrogen-bond acceptors (Lipinski definition) is 4. The predicted molar refractivity (Wildman–Crippen MR) is 108 cm³/mol. The molecule has 0 aliphatic heterocycles. The van der Waals surface area contributed by atoms with Crippen molar-refractivity contribution in [1.29, 1.82) is 0 Å². The number of hydrogen-bond donors (Lipinski definition) is 0. The highest BCUT2D eigenvalue weighted by Crippen LogP contribution is 2.26. The van der Waals surface area contributed by atoms with E-state index in [4.69, 9.17) is 4.74 Å². The molecule has 4 rings (SSSR count). The van der Waals surface area contributed by atoms with Gasteiger partial charge in [0, 0.05) is 30.3 Å². The van der Waals surface area contributed by atoms with Crippen molar-refractivity contribution in [3.63, 3.8) is 0 Å². The number of nitrogens with zero attached hydrogens (tertiary/aromatic N) is 3. The van der Waals surface area contributed by atoms with E-state index < -0.39 is 0 Å². The Morgan fingerprint density at radius 2 is 1.68 bits per heavy atom. The van der Waals surface area contributed by atoms with E-state index in [2.05, 4.69) is 34.5 Å². The summed E-state index contributed by atoms with van der Waals surface area (Å²) in [6.07, 6.45) is 1.83. The highest BCUT2D eigenvalue weighted by atomic mass is 16.5. The van der Waals surface area contributed by atoms with Gasteiger partial charge >= 0.3 is 0 Å². The molecule has 3 aromatic rings. The Morgan fingerprint density at radius 3 is 2.25 bits per heavy atom. The summed E-state index contributed by atoms with van der Waals surface area (Å²) in [5, 5.41) is 8.25. The molecule has 0 unspecified atom stereocenters. The maximum atomic E-state index is 12.9. The highest BCUT2D eigenvalue weighted by molar-refractivity contribution is 5.94. The van der Waals surface area contributed by atoms with E-state index in [9.17, 15) is 4.79 Å². The van der Waals surface area contributed by atoms with Gasteiger partial charge in [-0.2, -0.15) is 0 Å². The fourth-order valence-electron chi connectivity index (χ4n) is 3.66. The van der Waals surface area contributed by atoms with E-state index >= 15 is 0 Å². The average Bonchev–Trinajstić information content (AvgIpc) is 3.18. The van der Waals surface area contributed by atoms with Gasteiger partial charge in [-0.3, -0.25) is 4.79 Å². The van der Waals surface area contributed by atoms with Crippen LogP contribution in [0.4, 0.5) is 0 Å². The Labute approximate surface area is 165 Å². The van der Waals surface area contributed by atoms with Crippen molar-refractivity contribution in [2.24, 2.45) is 0 Å². The number of rotatable bonds is 5. The van der Waals surface area contributed by atoms with Gasteiger partial charge in [-0.05, 0) is 49.1 Å². The molecule has 1 aliphatic carbocycles. The van der Waals surface area contributed by atoms with Crippen LogP contribution in [0.5, 0.6) is 5.88 Å². The zero-order chi connectivity index (χ0) is 19.5. The predicted octanol–water partition coefficient (Wildman–Crippen LogP) is 3.78. The van der Waals surface area contributed by atoms with Crippen LogP contribution in [0, 0.1) is 0 Å². The SMILES string of the molecule is CCOc1ccc(-c2ccc(C(=O)N(C)C3Cc4ccccc4C3)cc2)nn1. The van der Waals surface area contributed by atoms with Crippen LogP contribution in [0.3, 0.4) is 0 Å². The van der Waals surface area contributed by atoms with Crippen LogP contribution in [0.1, 0.15) is 28.4 Å². The molecular formula is C23H23N3O2. The van der Waals surface area contributed by atoms with Crippen LogP contribution in [0.15, 0.2) is 60.7 Å². The average molecular weight is 373 g/mol. The van der Waals surface area contributed by atoms with Crippen LogP contribution in [-0.4, -0.2) is 40.7 Å². The number of likely N-dealkylation sites (N-methyl/N-ethyl adjacent to an activating group) is 1. The highest BCUT2D eigenvalue weighted by Gasteiger charge is 2.27. The van der Waals surface area contributed by atoms with Gasteiger partial charge in [0.25, 0.3) is 5.91 Å². The minimum atomic E-state index is 0.0436. The Morgan fingerprint density at radius 1 is 1.00 bits per heavy atom. The monoisotopic (exact) mass is 373 g/mol. The first-order valence-electron chi connectivity index (χ1n) is 9.56. The van der Waals surface area contributed by atoms with Crippen molar-refractivity contribution in [3.05, 3.63) is 77.4 Å². The normalized spacial score (nSPS) is 13.2. The molecule has 0 radical (unpaired) electrons. The topological polar surface area (TPSA) is 55.3 Å². The second kappa shape index (κ2) is 7.80. The Bertz CT molecular complexity index is 943. The molecule has 0 spiro atoms. The van der Waals surface area contributed by atoms with Gasteiger partial charge in [0.05, 0.1) is 12.3 Å². The van der Waals surface area contributed by atoms with Gasteiger partial charge < -0.3 is 9.64 Å². The lowest BCUT2D eigenvalue weighted by molar-refractivity contribution is 0.0738. The van der Waals surface area contributed by atoms with Gasteiger partial charge in [0.2, 0.25) is 5.88 Å². The number of fused-ring (bicyclic) bond motifs is 1. The Hall–Kier alpha value is -3.21. The zero-order valence-electron chi connectivity index (χ0n) is 16.1.